The standard InChI is InChI=1S/C21H23FN2O4/c1-15(25)28-19-8-3-6-17(14-19)21(27)24-12-4-11-23-20(26)10-9-16-5-2-7-18(22)13-16/h2-3,5-8,13-14H,4,9-12H2,1H3,(H,23,26)(H,24,27). The van der Waals surface area contributed by atoms with E-state index < -0.39 is 5.97 Å². The summed E-state index contributed by atoms with van der Waals surface area (Å²) in [7, 11) is 0. The minimum Gasteiger partial charge on any atom is -0.427 e. The van der Waals surface area contributed by atoms with Crippen LogP contribution in [0.4, 0.5) is 4.39 Å². The molecule has 148 valence electrons. The second-order valence-corrected chi connectivity index (χ2v) is 6.21. The lowest BCUT2D eigenvalue weighted by molar-refractivity contribution is -0.131. The molecule has 0 aromatic heterocycles. The van der Waals surface area contributed by atoms with Crippen molar-refractivity contribution in [1.29, 1.82) is 0 Å². The third-order valence-corrected chi connectivity index (χ3v) is 3.85. The van der Waals surface area contributed by atoms with Crippen LogP contribution in [0.3, 0.4) is 0 Å². The largest absolute Gasteiger partial charge is 0.427 e. The van der Waals surface area contributed by atoms with Crippen molar-refractivity contribution in [2.75, 3.05) is 13.1 Å². The van der Waals surface area contributed by atoms with Gasteiger partial charge < -0.3 is 15.4 Å². The summed E-state index contributed by atoms with van der Waals surface area (Å²) < 4.78 is 18.0. The van der Waals surface area contributed by atoms with Crippen molar-refractivity contribution in [3.8, 4) is 5.75 Å². The van der Waals surface area contributed by atoms with E-state index in [9.17, 15) is 18.8 Å². The number of carbonyl (C=O) groups excluding carboxylic acids is 3. The second kappa shape index (κ2) is 10.8. The van der Waals surface area contributed by atoms with Gasteiger partial charge >= 0.3 is 5.97 Å². The summed E-state index contributed by atoms with van der Waals surface area (Å²) >= 11 is 0. The Labute approximate surface area is 163 Å². The minimum absolute atomic E-state index is 0.121. The van der Waals surface area contributed by atoms with E-state index in [4.69, 9.17) is 4.74 Å². The number of hydrogen-bond acceptors (Lipinski definition) is 4. The van der Waals surface area contributed by atoms with Crippen molar-refractivity contribution in [3.63, 3.8) is 0 Å². The summed E-state index contributed by atoms with van der Waals surface area (Å²) in [5, 5.41) is 5.52. The fourth-order valence-corrected chi connectivity index (χ4v) is 2.53. The number of carbonyl (C=O) groups is 3. The highest BCUT2D eigenvalue weighted by molar-refractivity contribution is 5.94. The summed E-state index contributed by atoms with van der Waals surface area (Å²) in [6, 6.07) is 12.5. The first-order valence-electron chi connectivity index (χ1n) is 9.02. The lowest BCUT2D eigenvalue weighted by atomic mass is 10.1. The molecule has 7 heteroatoms. The maximum Gasteiger partial charge on any atom is 0.308 e. The fourth-order valence-electron chi connectivity index (χ4n) is 2.53. The zero-order chi connectivity index (χ0) is 20.4. The fraction of sp³-hybridized carbons (Fsp3) is 0.286. The molecule has 2 aromatic carbocycles. The van der Waals surface area contributed by atoms with Crippen LogP contribution in [0.1, 0.15) is 35.7 Å². The molecule has 0 unspecified atom stereocenters. The number of halogens is 1. The van der Waals surface area contributed by atoms with Crippen molar-refractivity contribution in [1.82, 2.24) is 10.6 Å². The Morgan fingerprint density at radius 3 is 2.50 bits per heavy atom. The van der Waals surface area contributed by atoms with Crippen molar-refractivity contribution < 1.29 is 23.5 Å². The van der Waals surface area contributed by atoms with Gasteiger partial charge in [-0.25, -0.2) is 4.39 Å². The molecule has 0 atom stereocenters. The molecule has 0 aliphatic heterocycles. The molecule has 0 fully saturated rings. The summed E-state index contributed by atoms with van der Waals surface area (Å²) in [5.74, 6) is -0.862. The van der Waals surface area contributed by atoms with E-state index in [0.29, 0.717) is 37.2 Å². The van der Waals surface area contributed by atoms with Gasteiger partial charge in [-0.1, -0.05) is 18.2 Å². The Bertz CT molecular complexity index is 839. The first kappa shape index (κ1) is 21.1. The predicted molar refractivity (Wildman–Crippen MR) is 102 cm³/mol. The van der Waals surface area contributed by atoms with Gasteiger partial charge in [-0.15, -0.1) is 0 Å². The molecule has 0 saturated heterocycles. The van der Waals surface area contributed by atoms with Crippen molar-refractivity contribution in [3.05, 3.63) is 65.5 Å². The minimum atomic E-state index is -0.453. The average Bonchev–Trinajstić information content (AvgIpc) is 2.65. The van der Waals surface area contributed by atoms with Crippen LogP contribution in [-0.2, 0) is 16.0 Å². The molecule has 2 aromatic rings. The van der Waals surface area contributed by atoms with Crippen LogP contribution in [0.25, 0.3) is 0 Å². The van der Waals surface area contributed by atoms with Crippen LogP contribution < -0.4 is 15.4 Å². The van der Waals surface area contributed by atoms with E-state index in [1.807, 2.05) is 0 Å². The van der Waals surface area contributed by atoms with Gasteiger partial charge in [-0.05, 0) is 48.7 Å². The van der Waals surface area contributed by atoms with Gasteiger partial charge in [-0.2, -0.15) is 0 Å². The molecule has 0 radical (unpaired) electrons. The molecule has 0 aliphatic rings. The first-order chi connectivity index (χ1) is 13.4. The van der Waals surface area contributed by atoms with Gasteiger partial charge in [0.25, 0.3) is 5.91 Å². The predicted octanol–water partition coefficient (Wildman–Crippen LogP) is 2.62. The molecule has 6 nitrogen and oxygen atoms in total. The summed E-state index contributed by atoms with van der Waals surface area (Å²) in [6.07, 6.45) is 1.32. The molecule has 0 heterocycles. The zero-order valence-electron chi connectivity index (χ0n) is 15.7. The molecule has 0 saturated carbocycles. The number of benzene rings is 2. The van der Waals surface area contributed by atoms with Crippen LogP contribution in [0.15, 0.2) is 48.5 Å². The van der Waals surface area contributed by atoms with Crippen LogP contribution in [0, 0.1) is 5.82 Å². The lowest BCUT2D eigenvalue weighted by Gasteiger charge is -2.08. The highest BCUT2D eigenvalue weighted by Gasteiger charge is 2.08. The number of amides is 2. The number of aryl methyl sites for hydroxylation is 1. The average molecular weight is 386 g/mol. The van der Waals surface area contributed by atoms with E-state index in [0.717, 1.165) is 5.56 Å². The molecule has 28 heavy (non-hydrogen) atoms. The number of nitrogens with one attached hydrogen (secondary N) is 2. The lowest BCUT2D eigenvalue weighted by Crippen LogP contribution is -2.30. The van der Waals surface area contributed by atoms with Gasteiger partial charge in [0.1, 0.15) is 11.6 Å². The Morgan fingerprint density at radius 1 is 1.00 bits per heavy atom. The third kappa shape index (κ3) is 7.57. The highest BCUT2D eigenvalue weighted by atomic mass is 19.1. The van der Waals surface area contributed by atoms with Crippen molar-refractivity contribution >= 4 is 17.8 Å². The zero-order valence-corrected chi connectivity index (χ0v) is 15.7. The second-order valence-electron chi connectivity index (χ2n) is 6.21. The number of esters is 1. The molecular formula is C21H23FN2O4. The summed E-state index contributed by atoms with van der Waals surface area (Å²) in [5.41, 5.74) is 1.16. The Morgan fingerprint density at radius 2 is 1.75 bits per heavy atom. The van der Waals surface area contributed by atoms with E-state index in [2.05, 4.69) is 10.6 Å². The Kier molecular flexibility index (Phi) is 8.14. The van der Waals surface area contributed by atoms with Gasteiger partial charge in [0.05, 0.1) is 0 Å². The van der Waals surface area contributed by atoms with Gasteiger partial charge in [0.15, 0.2) is 0 Å². The maximum atomic E-state index is 13.1. The first-order valence-corrected chi connectivity index (χ1v) is 9.02. The molecular weight excluding hydrogens is 363 g/mol. The quantitative estimate of drug-likeness (QED) is 0.394. The molecule has 2 rings (SSSR count). The number of hydrogen-bond donors (Lipinski definition) is 2. The van der Waals surface area contributed by atoms with Crippen LogP contribution in [-0.4, -0.2) is 30.9 Å². The molecule has 0 aliphatic carbocycles. The van der Waals surface area contributed by atoms with Crippen LogP contribution in [0.5, 0.6) is 5.75 Å². The van der Waals surface area contributed by atoms with Crippen LogP contribution in [0.2, 0.25) is 0 Å². The van der Waals surface area contributed by atoms with E-state index in [1.165, 1.54) is 25.1 Å². The Balaban J connectivity index is 1.63. The van der Waals surface area contributed by atoms with Gasteiger partial charge in [-0.3, -0.25) is 14.4 Å². The number of rotatable bonds is 9. The summed E-state index contributed by atoms with van der Waals surface area (Å²) in [4.78, 5) is 34.9. The third-order valence-electron chi connectivity index (χ3n) is 3.85. The van der Waals surface area contributed by atoms with E-state index in [-0.39, 0.29) is 24.1 Å². The van der Waals surface area contributed by atoms with E-state index >= 15 is 0 Å². The van der Waals surface area contributed by atoms with Gasteiger partial charge in [0.2, 0.25) is 5.91 Å². The van der Waals surface area contributed by atoms with Crippen molar-refractivity contribution in [2.45, 2.75) is 26.2 Å². The highest BCUT2D eigenvalue weighted by Crippen LogP contribution is 2.13. The van der Waals surface area contributed by atoms with Gasteiger partial charge in [0, 0.05) is 32.0 Å². The van der Waals surface area contributed by atoms with E-state index in [1.54, 1.807) is 30.3 Å². The Hall–Kier alpha value is -3.22. The SMILES string of the molecule is CC(=O)Oc1cccc(C(=O)NCCCNC(=O)CCc2cccc(F)c2)c1. The summed E-state index contributed by atoms with van der Waals surface area (Å²) in [6.45, 7) is 2.11. The van der Waals surface area contributed by atoms with Crippen LogP contribution >= 0.6 is 0 Å². The van der Waals surface area contributed by atoms with Crippen molar-refractivity contribution in [2.24, 2.45) is 0 Å². The number of ether oxygens (including phenoxy) is 1. The smallest absolute Gasteiger partial charge is 0.308 e. The monoisotopic (exact) mass is 386 g/mol. The molecule has 2 amide bonds. The molecule has 0 spiro atoms. The molecule has 0 bridgehead atoms. The topological polar surface area (TPSA) is 84.5 Å². The molecule has 2 N–H and O–H groups in total. The normalized spacial score (nSPS) is 10.2. The maximum absolute atomic E-state index is 13.1.